The topological polar surface area (TPSA) is 22.1 Å². The van der Waals surface area contributed by atoms with Gasteiger partial charge < -0.3 is 4.74 Å². The highest BCUT2D eigenvalue weighted by molar-refractivity contribution is 5.62. The number of ether oxygens (including phenoxy) is 1. The van der Waals surface area contributed by atoms with Crippen molar-refractivity contribution in [3.63, 3.8) is 0 Å². The van der Waals surface area contributed by atoms with Crippen molar-refractivity contribution in [2.45, 2.75) is 0 Å². The molecular weight excluding hydrogens is 174 g/mol. The van der Waals surface area contributed by atoms with Crippen LogP contribution in [0.1, 0.15) is 0 Å². The smallest absolute Gasteiger partial charge is 0.118 e. The third-order valence-electron chi connectivity index (χ3n) is 2.02. The lowest BCUT2D eigenvalue weighted by Crippen LogP contribution is -1.83. The molecule has 14 heavy (non-hydrogen) atoms. The van der Waals surface area contributed by atoms with Gasteiger partial charge >= 0.3 is 0 Å². The predicted octanol–water partition coefficient (Wildman–Crippen LogP) is 2.56. The first-order valence-electron chi connectivity index (χ1n) is 4.35. The molecule has 0 unspecified atom stereocenters. The van der Waals surface area contributed by atoms with Crippen molar-refractivity contribution in [3.8, 4) is 16.9 Å². The Labute approximate surface area is 83.2 Å². The predicted molar refractivity (Wildman–Crippen MR) is 55.1 cm³/mol. The van der Waals surface area contributed by atoms with Crippen LogP contribution >= 0.6 is 0 Å². The number of nitrogens with zero attached hydrogens (tertiary/aromatic N) is 1. The van der Waals surface area contributed by atoms with Crippen molar-refractivity contribution in [2.24, 2.45) is 0 Å². The van der Waals surface area contributed by atoms with E-state index in [4.69, 9.17) is 4.74 Å². The van der Waals surface area contributed by atoms with Crippen LogP contribution in [-0.4, -0.2) is 12.1 Å². The van der Waals surface area contributed by atoms with Gasteiger partial charge in [0, 0.05) is 24.0 Å². The van der Waals surface area contributed by atoms with Crippen LogP contribution in [0, 0.1) is 6.07 Å². The van der Waals surface area contributed by atoms with Gasteiger partial charge in [0.15, 0.2) is 0 Å². The zero-order valence-electron chi connectivity index (χ0n) is 7.90. The molecular formula is C12H10NO. The van der Waals surface area contributed by atoms with Crippen LogP contribution in [0.2, 0.25) is 0 Å². The fourth-order valence-electron chi connectivity index (χ4n) is 1.27. The van der Waals surface area contributed by atoms with Crippen molar-refractivity contribution < 1.29 is 4.74 Å². The number of rotatable bonds is 2. The number of benzene rings is 1. The Kier molecular flexibility index (Phi) is 2.45. The Morgan fingerprint density at radius 1 is 1.14 bits per heavy atom. The van der Waals surface area contributed by atoms with Crippen LogP contribution in [0.5, 0.6) is 5.75 Å². The number of aromatic nitrogens is 1. The lowest BCUT2D eigenvalue weighted by Gasteiger charge is -2.02. The molecule has 0 amide bonds. The molecule has 0 aliphatic heterocycles. The van der Waals surface area contributed by atoms with Crippen LogP contribution in [0.4, 0.5) is 0 Å². The van der Waals surface area contributed by atoms with Gasteiger partial charge in [0.2, 0.25) is 0 Å². The van der Waals surface area contributed by atoms with Gasteiger partial charge in [-0.15, -0.1) is 0 Å². The van der Waals surface area contributed by atoms with Gasteiger partial charge in [0.1, 0.15) is 5.75 Å². The first kappa shape index (κ1) is 8.75. The van der Waals surface area contributed by atoms with Crippen LogP contribution in [0.25, 0.3) is 11.1 Å². The van der Waals surface area contributed by atoms with Gasteiger partial charge in [-0.05, 0) is 23.8 Å². The highest BCUT2D eigenvalue weighted by Crippen LogP contribution is 2.20. The van der Waals surface area contributed by atoms with E-state index in [1.807, 2.05) is 36.5 Å². The summed E-state index contributed by atoms with van der Waals surface area (Å²) in [5, 5.41) is 0. The zero-order chi connectivity index (χ0) is 9.80. The van der Waals surface area contributed by atoms with E-state index in [-0.39, 0.29) is 0 Å². The van der Waals surface area contributed by atoms with E-state index in [1.165, 1.54) is 0 Å². The average molecular weight is 184 g/mol. The van der Waals surface area contributed by atoms with E-state index >= 15 is 0 Å². The normalized spacial score (nSPS) is 9.79. The van der Waals surface area contributed by atoms with Crippen molar-refractivity contribution in [3.05, 3.63) is 48.8 Å². The van der Waals surface area contributed by atoms with Crippen molar-refractivity contribution in [1.29, 1.82) is 0 Å². The van der Waals surface area contributed by atoms with E-state index in [0.29, 0.717) is 0 Å². The molecule has 1 aromatic heterocycles. The van der Waals surface area contributed by atoms with Gasteiger partial charge in [-0.2, -0.15) is 0 Å². The third kappa shape index (κ3) is 1.74. The molecule has 2 rings (SSSR count). The summed E-state index contributed by atoms with van der Waals surface area (Å²) in [5.74, 6) is 0.863. The van der Waals surface area contributed by atoms with Gasteiger partial charge in [-0.1, -0.05) is 12.1 Å². The molecule has 1 heterocycles. The van der Waals surface area contributed by atoms with Gasteiger partial charge in [0.05, 0.1) is 7.11 Å². The number of hydrogen-bond donors (Lipinski definition) is 0. The maximum Gasteiger partial charge on any atom is 0.118 e. The monoisotopic (exact) mass is 184 g/mol. The molecule has 2 aromatic rings. The maximum absolute atomic E-state index is 5.08. The molecule has 69 valence electrons. The molecule has 0 atom stereocenters. The second kappa shape index (κ2) is 3.92. The quantitative estimate of drug-likeness (QED) is 0.715. The van der Waals surface area contributed by atoms with Gasteiger partial charge in [0.25, 0.3) is 0 Å². The van der Waals surface area contributed by atoms with E-state index < -0.39 is 0 Å². The fourth-order valence-corrected chi connectivity index (χ4v) is 1.27. The summed E-state index contributed by atoms with van der Waals surface area (Å²) in [6, 6.07) is 12.7. The van der Waals surface area contributed by atoms with Crippen LogP contribution in [0.3, 0.4) is 0 Å². The SMILES string of the molecule is COc1ccc(-c2c[c]cnc2)cc1. The third-order valence-corrected chi connectivity index (χ3v) is 2.02. The molecule has 2 heteroatoms. The van der Waals surface area contributed by atoms with E-state index in [0.717, 1.165) is 16.9 Å². The summed E-state index contributed by atoms with van der Waals surface area (Å²) >= 11 is 0. The summed E-state index contributed by atoms with van der Waals surface area (Å²) in [7, 11) is 1.66. The lowest BCUT2D eigenvalue weighted by atomic mass is 10.1. The van der Waals surface area contributed by atoms with Crippen LogP contribution in [-0.2, 0) is 0 Å². The van der Waals surface area contributed by atoms with Gasteiger partial charge in [-0.25, -0.2) is 0 Å². The molecule has 0 aliphatic rings. The molecule has 0 N–H and O–H groups in total. The minimum Gasteiger partial charge on any atom is -0.497 e. The second-order valence-corrected chi connectivity index (χ2v) is 2.90. The number of hydrogen-bond acceptors (Lipinski definition) is 2. The maximum atomic E-state index is 5.08. The Morgan fingerprint density at radius 2 is 1.93 bits per heavy atom. The molecule has 1 radical (unpaired) electrons. The van der Waals surface area contributed by atoms with Crippen molar-refractivity contribution in [1.82, 2.24) is 4.98 Å². The molecule has 0 bridgehead atoms. The van der Waals surface area contributed by atoms with E-state index in [1.54, 1.807) is 13.3 Å². The standard InChI is InChI=1S/C12H10NO/c1-14-12-6-4-10(5-7-12)11-3-2-8-13-9-11/h3-9H,1H3. The van der Waals surface area contributed by atoms with Gasteiger partial charge in [-0.3, -0.25) is 4.98 Å². The zero-order valence-corrected chi connectivity index (χ0v) is 7.90. The Balaban J connectivity index is 2.34. The summed E-state index contributed by atoms with van der Waals surface area (Å²) in [4.78, 5) is 4.02. The first-order chi connectivity index (χ1) is 6.90. The number of pyridine rings is 1. The Bertz CT molecular complexity index is 394. The molecule has 2 nitrogen and oxygen atoms in total. The molecule has 0 spiro atoms. The highest BCUT2D eigenvalue weighted by atomic mass is 16.5. The summed E-state index contributed by atoms with van der Waals surface area (Å²) in [6.45, 7) is 0. The lowest BCUT2D eigenvalue weighted by molar-refractivity contribution is 0.415. The highest BCUT2D eigenvalue weighted by Gasteiger charge is 1.96. The minimum absolute atomic E-state index is 0.863. The summed E-state index contributed by atoms with van der Waals surface area (Å²) in [6.07, 6.45) is 3.46. The van der Waals surface area contributed by atoms with Crippen molar-refractivity contribution in [2.75, 3.05) is 7.11 Å². The minimum atomic E-state index is 0.863. The summed E-state index contributed by atoms with van der Waals surface area (Å²) in [5.41, 5.74) is 2.19. The first-order valence-corrected chi connectivity index (χ1v) is 4.35. The number of methoxy groups -OCH3 is 1. The molecule has 0 aliphatic carbocycles. The molecule has 0 fully saturated rings. The molecule has 0 saturated heterocycles. The largest absolute Gasteiger partial charge is 0.497 e. The molecule has 1 aromatic carbocycles. The van der Waals surface area contributed by atoms with Crippen molar-refractivity contribution >= 4 is 0 Å². The van der Waals surface area contributed by atoms with Crippen LogP contribution < -0.4 is 4.74 Å². The Morgan fingerprint density at radius 3 is 2.50 bits per heavy atom. The average Bonchev–Trinajstić information content (AvgIpc) is 2.30. The fraction of sp³-hybridized carbons (Fsp3) is 0.0833. The van der Waals surface area contributed by atoms with Crippen LogP contribution in [0.15, 0.2) is 42.7 Å². The summed E-state index contributed by atoms with van der Waals surface area (Å²) < 4.78 is 5.08. The second-order valence-electron chi connectivity index (χ2n) is 2.90. The molecule has 0 saturated carbocycles. The Hall–Kier alpha value is -1.83. The van der Waals surface area contributed by atoms with E-state index in [9.17, 15) is 0 Å². The van der Waals surface area contributed by atoms with E-state index in [2.05, 4.69) is 11.1 Å².